The van der Waals surface area contributed by atoms with Gasteiger partial charge >= 0.3 is 0 Å². The largest absolute Gasteiger partial charge is 0.511 e. The van der Waals surface area contributed by atoms with Gasteiger partial charge in [0.1, 0.15) is 45.7 Å². The van der Waals surface area contributed by atoms with E-state index in [-0.39, 0.29) is 86.1 Å². The van der Waals surface area contributed by atoms with Gasteiger partial charge in [-0.3, -0.25) is 38.4 Å². The van der Waals surface area contributed by atoms with Gasteiger partial charge in [0, 0.05) is 67.9 Å². The van der Waals surface area contributed by atoms with Crippen LogP contribution in [0.5, 0.6) is 11.5 Å². The standard InChI is InChI=1S/C50H56N6O17/c1-48(71)20-7-5-9-25(57)30(20)40(63)32-22(48)17-19-29(38(32)61)39(62)34(46(51)69)42(65)36(19)55-15-13-53-27(59)11-3-4-12-28(60)54-14-16-56-37-24-18-23-33(41(64)31-21(49(23,2)72)8-6-10-26(31)58)44(67)50(24,73)45(68)35(43(37)66)47(52)70/h5-10,19,22-24,29,36-37,55-58,61,65-67,71-73H,3-4,11-18H2,1-2H3,(H2,51,69)(H2,52,70)(H,53,59)(H,54,60)/t19-,22+,23+,24+,29?,36+,37+,48-,49-,50+/m1/s1. The Balaban J connectivity index is 0.830. The Kier molecular flexibility index (Phi) is 13.4. The number of benzene rings is 2. The average molecular weight is 1010 g/mol. The average Bonchev–Trinajstić information content (AvgIpc) is 3.31. The van der Waals surface area contributed by atoms with Gasteiger partial charge < -0.3 is 78.7 Å². The number of carbonyl (C=O) groups is 8. The first-order valence-corrected chi connectivity index (χ1v) is 23.6. The maximum absolute atomic E-state index is 13.7. The predicted octanol–water partition coefficient (Wildman–Crippen LogP) is -0.681. The summed E-state index contributed by atoms with van der Waals surface area (Å²) in [6.07, 6.45) is -0.0434. The van der Waals surface area contributed by atoms with Gasteiger partial charge in [0.15, 0.2) is 23.0 Å². The summed E-state index contributed by atoms with van der Waals surface area (Å²) in [5.74, 6) is -18.7. The zero-order chi connectivity index (χ0) is 53.4. The summed E-state index contributed by atoms with van der Waals surface area (Å²) >= 11 is 0. The molecule has 0 radical (unpaired) electrons. The SMILES string of the molecule is C[C@@]1(O)c2cccc(O)c2C(=O)C2=C(O)C3C(=O)C(C(N)=O)=C(O)[C@@H](NCCNC(=O)CCCCC(=O)NCCN[C@@H]4C(O)=C(C(N)=O)C(=O)[C@@]5(O)C(O)=C6C(=O)c7c(O)cccc7[C@@](C)(O)[C@H]6C[C@@H]45)[C@@H]3C[C@@H]21. The Morgan fingerprint density at radius 2 is 1.08 bits per heavy atom. The number of Topliss-reactive ketones (excluding diaryl/α,β-unsaturated/α-hetero) is 4. The van der Waals surface area contributed by atoms with E-state index in [1.54, 1.807) is 0 Å². The number of primary amides is 2. The molecule has 6 aliphatic carbocycles. The quantitative estimate of drug-likeness (QED) is 0.0776. The highest BCUT2D eigenvalue weighted by Gasteiger charge is 2.65. The summed E-state index contributed by atoms with van der Waals surface area (Å²) in [4.78, 5) is 105. The van der Waals surface area contributed by atoms with Crippen molar-refractivity contribution in [3.05, 3.63) is 104 Å². The van der Waals surface area contributed by atoms with Crippen LogP contribution < -0.4 is 32.7 Å². The normalized spacial score (nSPS) is 30.5. The fourth-order valence-corrected chi connectivity index (χ4v) is 11.9. The number of rotatable bonds is 15. The summed E-state index contributed by atoms with van der Waals surface area (Å²) in [6, 6.07) is 5.45. The first kappa shape index (κ1) is 51.9. The predicted molar refractivity (Wildman–Crippen MR) is 251 cm³/mol. The first-order chi connectivity index (χ1) is 34.3. The molecular weight excluding hydrogens is 957 g/mol. The number of nitrogens with two attached hydrogens (primary N) is 2. The van der Waals surface area contributed by atoms with E-state index in [2.05, 4.69) is 21.3 Å². The van der Waals surface area contributed by atoms with E-state index in [1.165, 1.54) is 50.2 Å². The number of unbranched alkanes of at least 4 members (excludes halogenated alkanes) is 1. The van der Waals surface area contributed by atoms with Crippen molar-refractivity contribution in [1.82, 2.24) is 21.3 Å². The van der Waals surface area contributed by atoms with Gasteiger partial charge in [-0.1, -0.05) is 24.3 Å². The number of nitrogens with one attached hydrogen (secondary N) is 4. The van der Waals surface area contributed by atoms with Crippen LogP contribution in [0.25, 0.3) is 0 Å². The molecule has 2 aromatic rings. The Labute approximate surface area is 415 Å². The maximum Gasteiger partial charge on any atom is 0.255 e. The topological polar surface area (TPSA) is 419 Å². The number of carbonyl (C=O) groups excluding carboxylic acids is 8. The van der Waals surface area contributed by atoms with Crippen molar-refractivity contribution in [3.63, 3.8) is 0 Å². The lowest BCUT2D eigenvalue weighted by molar-refractivity contribution is -0.149. The molecule has 388 valence electrons. The van der Waals surface area contributed by atoms with Crippen LogP contribution in [0.3, 0.4) is 0 Å². The van der Waals surface area contributed by atoms with E-state index < -0.39 is 163 Å². The Morgan fingerprint density at radius 1 is 0.616 bits per heavy atom. The van der Waals surface area contributed by atoms with Gasteiger partial charge in [-0.05, 0) is 68.7 Å². The number of hydrogen-bond donors (Lipinski definition) is 15. The van der Waals surface area contributed by atoms with Gasteiger partial charge in [0.25, 0.3) is 11.8 Å². The molecule has 0 bridgehead atoms. The van der Waals surface area contributed by atoms with E-state index in [0.717, 1.165) is 0 Å². The van der Waals surface area contributed by atoms with E-state index in [1.807, 2.05) is 0 Å². The summed E-state index contributed by atoms with van der Waals surface area (Å²) < 4.78 is 0. The summed E-state index contributed by atoms with van der Waals surface area (Å²) in [5, 5.41) is 113. The lowest BCUT2D eigenvalue weighted by Gasteiger charge is -2.52. The highest BCUT2D eigenvalue weighted by molar-refractivity contribution is 6.25. The molecule has 8 rings (SSSR count). The van der Waals surface area contributed by atoms with Crippen LogP contribution in [0.4, 0.5) is 0 Å². The number of phenols is 2. The number of hydrogen-bond acceptors (Lipinski definition) is 19. The molecule has 0 saturated carbocycles. The smallest absolute Gasteiger partial charge is 0.255 e. The monoisotopic (exact) mass is 1010 g/mol. The van der Waals surface area contributed by atoms with Gasteiger partial charge in [-0.2, -0.15) is 0 Å². The number of fused-ring (bicyclic) bond motifs is 6. The summed E-state index contributed by atoms with van der Waals surface area (Å²) in [7, 11) is 0. The maximum atomic E-state index is 13.7. The van der Waals surface area contributed by atoms with Crippen molar-refractivity contribution in [2.45, 2.75) is 81.3 Å². The number of aromatic hydroxyl groups is 2. The molecule has 10 atom stereocenters. The summed E-state index contributed by atoms with van der Waals surface area (Å²) in [5.41, 5.74) is 1.01. The molecule has 23 nitrogen and oxygen atoms in total. The number of aliphatic hydroxyl groups excluding tert-OH is 4. The van der Waals surface area contributed by atoms with Crippen molar-refractivity contribution in [1.29, 1.82) is 0 Å². The van der Waals surface area contributed by atoms with Gasteiger partial charge in [0.2, 0.25) is 17.6 Å². The van der Waals surface area contributed by atoms with Crippen LogP contribution in [-0.4, -0.2) is 137 Å². The Hall–Kier alpha value is -7.44. The minimum absolute atomic E-state index is 0.00849. The van der Waals surface area contributed by atoms with Gasteiger partial charge in [0.05, 0.1) is 40.3 Å². The lowest BCUT2D eigenvalue weighted by atomic mass is 9.55. The fourth-order valence-electron chi connectivity index (χ4n) is 11.9. The molecule has 6 aliphatic rings. The van der Waals surface area contributed by atoms with Crippen molar-refractivity contribution >= 4 is 46.8 Å². The van der Waals surface area contributed by atoms with Crippen molar-refractivity contribution in [2.24, 2.45) is 41.1 Å². The Bertz CT molecular complexity index is 2930. The molecule has 0 aromatic heterocycles. The van der Waals surface area contributed by atoms with Crippen LogP contribution >= 0.6 is 0 Å². The molecule has 0 saturated heterocycles. The van der Waals surface area contributed by atoms with Crippen molar-refractivity contribution in [3.8, 4) is 11.5 Å². The molecule has 0 aliphatic heterocycles. The second kappa shape index (κ2) is 18.9. The third kappa shape index (κ3) is 8.20. The zero-order valence-corrected chi connectivity index (χ0v) is 39.5. The number of allylic oxidation sites excluding steroid dienone is 1. The van der Waals surface area contributed by atoms with Crippen molar-refractivity contribution < 1.29 is 84.3 Å². The van der Waals surface area contributed by atoms with Crippen LogP contribution in [0, 0.1) is 29.6 Å². The van der Waals surface area contributed by atoms with Gasteiger partial charge in [-0.15, -0.1) is 0 Å². The first-order valence-electron chi connectivity index (χ1n) is 23.6. The zero-order valence-electron chi connectivity index (χ0n) is 39.5. The van der Waals surface area contributed by atoms with E-state index in [4.69, 9.17) is 11.5 Å². The molecule has 0 spiro atoms. The fraction of sp³-hybridized carbons (Fsp3) is 0.440. The number of aliphatic hydroxyl groups is 7. The molecule has 2 aromatic carbocycles. The van der Waals surface area contributed by atoms with Gasteiger partial charge in [-0.25, -0.2) is 0 Å². The highest BCUT2D eigenvalue weighted by atomic mass is 16.4. The molecule has 1 unspecified atom stereocenters. The molecule has 23 heteroatoms. The van der Waals surface area contributed by atoms with Crippen LogP contribution in [0.1, 0.15) is 84.2 Å². The second-order valence-corrected chi connectivity index (χ2v) is 19.7. The van der Waals surface area contributed by atoms with E-state index in [0.29, 0.717) is 0 Å². The van der Waals surface area contributed by atoms with E-state index >= 15 is 0 Å². The number of phenolic OH excluding ortho intramolecular Hbond substituents is 2. The van der Waals surface area contributed by atoms with Crippen LogP contribution in [-0.2, 0) is 40.0 Å². The summed E-state index contributed by atoms with van der Waals surface area (Å²) in [6.45, 7) is 2.41. The highest BCUT2D eigenvalue weighted by Crippen LogP contribution is 2.57. The molecular formula is C50H56N6O17. The minimum Gasteiger partial charge on any atom is -0.511 e. The minimum atomic E-state index is -2.98. The van der Waals surface area contributed by atoms with Crippen LogP contribution in [0.2, 0.25) is 0 Å². The number of ketones is 4. The van der Waals surface area contributed by atoms with E-state index in [9.17, 15) is 84.3 Å². The molecule has 0 fully saturated rings. The molecule has 73 heavy (non-hydrogen) atoms. The molecule has 17 N–H and O–H groups in total. The lowest BCUT2D eigenvalue weighted by Crippen LogP contribution is -2.65. The number of amides is 4. The second-order valence-electron chi connectivity index (χ2n) is 19.7. The molecule has 4 amide bonds. The third-order valence-electron chi connectivity index (χ3n) is 15.5. The third-order valence-corrected chi connectivity index (χ3v) is 15.5. The van der Waals surface area contributed by atoms with Crippen molar-refractivity contribution in [2.75, 3.05) is 26.2 Å². The Morgan fingerprint density at radius 3 is 1.59 bits per heavy atom. The molecule has 0 heterocycles. The van der Waals surface area contributed by atoms with Crippen LogP contribution in [0.15, 0.2) is 81.7 Å².